The van der Waals surface area contributed by atoms with Crippen molar-refractivity contribution in [3.05, 3.63) is 46.2 Å². The van der Waals surface area contributed by atoms with Crippen molar-refractivity contribution in [2.75, 3.05) is 16.8 Å². The van der Waals surface area contributed by atoms with E-state index in [0.29, 0.717) is 5.11 Å². The molecular formula is C16H17N3OS2. The molecule has 4 nitrogen and oxygen atoms in total. The SMILES string of the molecule is CC(=O)N1CCc2cc(NC(=S)NCc3cccs3)ccc21. The Kier molecular flexibility index (Phi) is 4.40. The molecule has 1 aliphatic heterocycles. The number of hydrogen-bond acceptors (Lipinski definition) is 3. The molecule has 114 valence electrons. The summed E-state index contributed by atoms with van der Waals surface area (Å²) >= 11 is 7.02. The van der Waals surface area contributed by atoms with Crippen molar-refractivity contribution in [2.24, 2.45) is 0 Å². The number of thiophene rings is 1. The molecule has 0 atom stereocenters. The third-order valence-electron chi connectivity index (χ3n) is 3.62. The maximum atomic E-state index is 11.5. The highest BCUT2D eigenvalue weighted by molar-refractivity contribution is 7.80. The summed E-state index contributed by atoms with van der Waals surface area (Å²) in [6.45, 7) is 3.09. The second-order valence-corrected chi connectivity index (χ2v) is 6.59. The summed E-state index contributed by atoms with van der Waals surface area (Å²) in [5.74, 6) is 0.0904. The number of amides is 1. The van der Waals surface area contributed by atoms with Crippen molar-refractivity contribution in [1.82, 2.24) is 5.32 Å². The van der Waals surface area contributed by atoms with Crippen LogP contribution in [0.1, 0.15) is 17.4 Å². The van der Waals surface area contributed by atoms with Crippen LogP contribution in [-0.2, 0) is 17.8 Å². The minimum Gasteiger partial charge on any atom is -0.358 e. The van der Waals surface area contributed by atoms with Crippen molar-refractivity contribution < 1.29 is 4.79 Å². The van der Waals surface area contributed by atoms with Crippen LogP contribution in [0.25, 0.3) is 0 Å². The maximum absolute atomic E-state index is 11.5. The fraction of sp³-hybridized carbons (Fsp3) is 0.250. The average Bonchev–Trinajstić information content (AvgIpc) is 3.14. The first-order valence-corrected chi connectivity index (χ1v) is 8.40. The quantitative estimate of drug-likeness (QED) is 0.848. The third kappa shape index (κ3) is 3.28. The van der Waals surface area contributed by atoms with Crippen LogP contribution >= 0.6 is 23.6 Å². The van der Waals surface area contributed by atoms with Gasteiger partial charge in [0, 0.05) is 29.7 Å². The molecule has 0 bridgehead atoms. The number of nitrogens with one attached hydrogen (secondary N) is 2. The van der Waals surface area contributed by atoms with E-state index in [1.165, 1.54) is 10.4 Å². The lowest BCUT2D eigenvalue weighted by Crippen LogP contribution is -2.27. The van der Waals surface area contributed by atoms with Crippen LogP contribution in [0.2, 0.25) is 0 Å². The van der Waals surface area contributed by atoms with E-state index in [-0.39, 0.29) is 5.91 Å². The van der Waals surface area contributed by atoms with E-state index in [0.717, 1.165) is 30.9 Å². The van der Waals surface area contributed by atoms with Gasteiger partial charge in [0.15, 0.2) is 5.11 Å². The fourth-order valence-electron chi connectivity index (χ4n) is 2.56. The average molecular weight is 331 g/mol. The second kappa shape index (κ2) is 6.46. The summed E-state index contributed by atoms with van der Waals surface area (Å²) in [6, 6.07) is 10.1. The number of thiocarbonyl (C=S) groups is 1. The number of carbonyl (C=O) groups is 1. The Bertz CT molecular complexity index is 697. The summed E-state index contributed by atoms with van der Waals surface area (Å²) < 4.78 is 0. The van der Waals surface area contributed by atoms with E-state index in [2.05, 4.69) is 28.1 Å². The first kappa shape index (κ1) is 15.0. The lowest BCUT2D eigenvalue weighted by molar-refractivity contribution is -0.116. The highest BCUT2D eigenvalue weighted by Crippen LogP contribution is 2.30. The van der Waals surface area contributed by atoms with E-state index >= 15 is 0 Å². The normalized spacial score (nSPS) is 12.9. The Balaban J connectivity index is 1.61. The van der Waals surface area contributed by atoms with Gasteiger partial charge in [-0.3, -0.25) is 4.79 Å². The second-order valence-electron chi connectivity index (χ2n) is 5.15. The van der Waals surface area contributed by atoms with E-state index < -0.39 is 0 Å². The van der Waals surface area contributed by atoms with E-state index in [4.69, 9.17) is 12.2 Å². The highest BCUT2D eigenvalue weighted by atomic mass is 32.1. The first-order chi connectivity index (χ1) is 10.6. The summed E-state index contributed by atoms with van der Waals surface area (Å²) in [5, 5.41) is 9.05. The Morgan fingerprint density at radius 3 is 3.00 bits per heavy atom. The zero-order valence-electron chi connectivity index (χ0n) is 12.3. The summed E-state index contributed by atoms with van der Waals surface area (Å²) in [5.41, 5.74) is 3.14. The molecule has 3 rings (SSSR count). The number of fused-ring (bicyclic) bond motifs is 1. The topological polar surface area (TPSA) is 44.4 Å². The predicted octanol–water partition coefficient (Wildman–Crippen LogP) is 3.14. The fourth-order valence-corrected chi connectivity index (χ4v) is 3.40. The van der Waals surface area contributed by atoms with Gasteiger partial charge in [0.25, 0.3) is 0 Å². The Morgan fingerprint density at radius 2 is 2.27 bits per heavy atom. The van der Waals surface area contributed by atoms with Crippen molar-refractivity contribution >= 4 is 45.9 Å². The highest BCUT2D eigenvalue weighted by Gasteiger charge is 2.22. The summed E-state index contributed by atoms with van der Waals surface area (Å²) in [6.07, 6.45) is 0.889. The number of benzene rings is 1. The van der Waals surface area contributed by atoms with Crippen LogP contribution < -0.4 is 15.5 Å². The van der Waals surface area contributed by atoms with Gasteiger partial charge >= 0.3 is 0 Å². The minimum atomic E-state index is 0.0904. The molecule has 2 heterocycles. The third-order valence-corrected chi connectivity index (χ3v) is 4.74. The molecular weight excluding hydrogens is 314 g/mol. The molecule has 22 heavy (non-hydrogen) atoms. The summed E-state index contributed by atoms with van der Waals surface area (Å²) in [7, 11) is 0. The van der Waals surface area contributed by atoms with Gasteiger partial charge in [0.2, 0.25) is 5.91 Å². The lowest BCUT2D eigenvalue weighted by Gasteiger charge is -2.15. The molecule has 2 N–H and O–H groups in total. The van der Waals surface area contributed by atoms with Crippen LogP contribution in [0, 0.1) is 0 Å². The van der Waals surface area contributed by atoms with E-state index in [1.54, 1.807) is 18.3 Å². The number of anilines is 2. The van der Waals surface area contributed by atoms with Crippen molar-refractivity contribution in [1.29, 1.82) is 0 Å². The Labute approximate surface area is 139 Å². The minimum absolute atomic E-state index is 0.0904. The van der Waals surface area contributed by atoms with Gasteiger partial charge in [0.05, 0.1) is 6.54 Å². The molecule has 1 aliphatic rings. The van der Waals surface area contributed by atoms with Gasteiger partial charge in [-0.1, -0.05) is 6.07 Å². The van der Waals surface area contributed by atoms with Gasteiger partial charge in [-0.15, -0.1) is 11.3 Å². The molecule has 2 aromatic rings. The molecule has 0 saturated heterocycles. The molecule has 0 fully saturated rings. The molecule has 0 unspecified atom stereocenters. The maximum Gasteiger partial charge on any atom is 0.223 e. The standard InChI is InChI=1S/C16H17N3OS2/c1-11(20)19-7-6-12-9-13(4-5-15(12)19)18-16(21)17-10-14-3-2-8-22-14/h2-5,8-9H,6-7,10H2,1H3,(H2,17,18,21). The Morgan fingerprint density at radius 1 is 1.41 bits per heavy atom. The molecule has 0 saturated carbocycles. The van der Waals surface area contributed by atoms with Gasteiger partial charge in [-0.2, -0.15) is 0 Å². The van der Waals surface area contributed by atoms with Crippen molar-refractivity contribution in [3.8, 4) is 0 Å². The molecule has 0 aliphatic carbocycles. The smallest absolute Gasteiger partial charge is 0.223 e. The van der Waals surface area contributed by atoms with Crippen LogP contribution in [0.4, 0.5) is 11.4 Å². The molecule has 1 aromatic heterocycles. The van der Waals surface area contributed by atoms with E-state index in [1.807, 2.05) is 23.1 Å². The number of hydrogen-bond donors (Lipinski definition) is 2. The van der Waals surface area contributed by atoms with Crippen LogP contribution in [0.3, 0.4) is 0 Å². The van der Waals surface area contributed by atoms with Gasteiger partial charge in [-0.25, -0.2) is 0 Å². The molecule has 6 heteroatoms. The van der Waals surface area contributed by atoms with E-state index in [9.17, 15) is 4.79 Å². The van der Waals surface area contributed by atoms with Gasteiger partial charge in [0.1, 0.15) is 0 Å². The zero-order valence-corrected chi connectivity index (χ0v) is 13.9. The van der Waals surface area contributed by atoms with Gasteiger partial charge in [-0.05, 0) is 53.8 Å². The van der Waals surface area contributed by atoms with Crippen LogP contribution in [0.15, 0.2) is 35.7 Å². The zero-order chi connectivity index (χ0) is 15.5. The molecule has 0 spiro atoms. The number of nitrogens with zero attached hydrogens (tertiary/aromatic N) is 1. The lowest BCUT2D eigenvalue weighted by atomic mass is 10.1. The Hall–Kier alpha value is -1.92. The van der Waals surface area contributed by atoms with Crippen LogP contribution in [0.5, 0.6) is 0 Å². The van der Waals surface area contributed by atoms with Crippen molar-refractivity contribution in [3.63, 3.8) is 0 Å². The predicted molar refractivity (Wildman–Crippen MR) is 95.6 cm³/mol. The number of carbonyl (C=O) groups excluding carboxylic acids is 1. The molecule has 1 aromatic carbocycles. The largest absolute Gasteiger partial charge is 0.358 e. The van der Waals surface area contributed by atoms with Crippen LogP contribution in [-0.4, -0.2) is 17.6 Å². The van der Waals surface area contributed by atoms with Gasteiger partial charge < -0.3 is 15.5 Å². The first-order valence-electron chi connectivity index (χ1n) is 7.12. The van der Waals surface area contributed by atoms with Crippen molar-refractivity contribution in [2.45, 2.75) is 19.9 Å². The molecule has 0 radical (unpaired) electrons. The summed E-state index contributed by atoms with van der Waals surface area (Å²) in [4.78, 5) is 14.6. The monoisotopic (exact) mass is 331 g/mol. The number of rotatable bonds is 3. The molecule has 1 amide bonds.